The van der Waals surface area contributed by atoms with E-state index in [1.165, 1.54) is 7.11 Å². The van der Waals surface area contributed by atoms with Crippen molar-refractivity contribution in [2.45, 2.75) is 13.3 Å². The molecule has 66 valence electrons. The molecule has 0 unspecified atom stereocenters. The summed E-state index contributed by atoms with van der Waals surface area (Å²) in [5.74, 6) is -1.65. The number of methoxy groups -OCH3 is 1. The molecule has 0 amide bonds. The smallest absolute Gasteiger partial charge is 0.305 e. The highest BCUT2D eigenvalue weighted by Crippen LogP contribution is 1.76. The molecule has 5 heteroatoms. The molecule has 0 aromatic rings. The Balaban J connectivity index is 0. The molecule has 0 aromatic carbocycles. The number of carbonyl (C=O) groups is 2. The molecule has 0 spiro atoms. The van der Waals surface area contributed by atoms with Gasteiger partial charge in [-0.25, -0.2) is 0 Å². The van der Waals surface area contributed by atoms with Crippen molar-refractivity contribution in [3.05, 3.63) is 0 Å². The van der Waals surface area contributed by atoms with Gasteiger partial charge >= 0.3 is 5.97 Å². The number of hydrogen-bond donors (Lipinski definition) is 2. The van der Waals surface area contributed by atoms with E-state index in [9.17, 15) is 4.79 Å². The Bertz CT molecular complexity index is 116. The molecule has 0 rings (SSSR count). The molecule has 0 aromatic heterocycles. The van der Waals surface area contributed by atoms with Crippen molar-refractivity contribution >= 4 is 11.9 Å². The average molecular weight is 164 g/mol. The number of carboxylic acids is 2. The Morgan fingerprint density at radius 1 is 1.36 bits per heavy atom. The van der Waals surface area contributed by atoms with Gasteiger partial charge in [-0.2, -0.15) is 0 Å². The molecule has 0 radical (unpaired) electrons. The van der Waals surface area contributed by atoms with E-state index >= 15 is 0 Å². The van der Waals surface area contributed by atoms with Crippen LogP contribution in [0.2, 0.25) is 0 Å². The predicted molar refractivity (Wildman–Crippen MR) is 37.4 cm³/mol. The summed E-state index contributed by atoms with van der Waals surface area (Å²) in [4.78, 5) is 18.7. The Morgan fingerprint density at radius 2 is 1.73 bits per heavy atom. The highest BCUT2D eigenvalue weighted by atomic mass is 16.5. The fourth-order valence-electron chi connectivity index (χ4n) is 0.189. The number of hydrogen-bond acceptors (Lipinski definition) is 3. The van der Waals surface area contributed by atoms with Crippen molar-refractivity contribution in [1.29, 1.82) is 0 Å². The maximum absolute atomic E-state index is 9.68. The molecule has 11 heavy (non-hydrogen) atoms. The van der Waals surface area contributed by atoms with E-state index in [2.05, 4.69) is 4.74 Å². The molecule has 5 nitrogen and oxygen atoms in total. The summed E-state index contributed by atoms with van der Waals surface area (Å²) < 4.78 is 4.47. The molecular formula is C6H12O5. The lowest BCUT2D eigenvalue weighted by Gasteiger charge is -1.88. The van der Waals surface area contributed by atoms with Crippen LogP contribution in [-0.4, -0.2) is 35.9 Å². The van der Waals surface area contributed by atoms with Crippen molar-refractivity contribution in [1.82, 2.24) is 0 Å². The Kier molecular flexibility index (Phi) is 10.2. The fourth-order valence-corrected chi connectivity index (χ4v) is 0.189. The summed E-state index contributed by atoms with van der Waals surface area (Å²) in [5.41, 5.74) is 0. The van der Waals surface area contributed by atoms with Gasteiger partial charge in [0.1, 0.15) is 0 Å². The average Bonchev–Trinajstić information content (AvgIpc) is 1.82. The summed E-state index contributed by atoms with van der Waals surface area (Å²) >= 11 is 0. The van der Waals surface area contributed by atoms with Crippen molar-refractivity contribution in [2.24, 2.45) is 0 Å². The van der Waals surface area contributed by atoms with Gasteiger partial charge in [0.2, 0.25) is 0 Å². The molecule has 0 atom stereocenters. The summed E-state index contributed by atoms with van der Waals surface area (Å²) in [5, 5.41) is 15.4. The second-order valence-corrected chi connectivity index (χ2v) is 1.66. The van der Waals surface area contributed by atoms with Crippen LogP contribution in [-0.2, 0) is 14.3 Å². The second kappa shape index (κ2) is 8.90. The molecule has 0 aliphatic heterocycles. The molecule has 0 heterocycles. The summed E-state index contributed by atoms with van der Waals surface area (Å²) in [6, 6.07) is 0. The van der Waals surface area contributed by atoms with Gasteiger partial charge in [-0.05, 0) is 0 Å². The first-order valence-electron chi connectivity index (χ1n) is 2.91. The van der Waals surface area contributed by atoms with E-state index < -0.39 is 11.9 Å². The van der Waals surface area contributed by atoms with Crippen molar-refractivity contribution in [2.75, 3.05) is 13.7 Å². The number of carboxylic acid groups (broad SMARTS) is 2. The third-order valence-corrected chi connectivity index (χ3v) is 0.520. The fraction of sp³-hybridized carbons (Fsp3) is 0.667. The SMILES string of the molecule is CC(=O)O.COCCC(=O)O. The van der Waals surface area contributed by atoms with Crippen LogP contribution >= 0.6 is 0 Å². The molecule has 0 saturated carbocycles. The first-order valence-corrected chi connectivity index (χ1v) is 2.91. The normalized spacial score (nSPS) is 7.82. The van der Waals surface area contributed by atoms with Crippen LogP contribution in [0.25, 0.3) is 0 Å². The lowest BCUT2D eigenvalue weighted by molar-refractivity contribution is -0.138. The van der Waals surface area contributed by atoms with Gasteiger partial charge in [0, 0.05) is 14.0 Å². The van der Waals surface area contributed by atoms with Gasteiger partial charge in [0.25, 0.3) is 5.97 Å². The molecule has 0 saturated heterocycles. The molecule has 2 N–H and O–H groups in total. The zero-order valence-corrected chi connectivity index (χ0v) is 6.53. The van der Waals surface area contributed by atoms with E-state index in [0.29, 0.717) is 6.61 Å². The molecular weight excluding hydrogens is 152 g/mol. The Morgan fingerprint density at radius 3 is 1.82 bits per heavy atom. The van der Waals surface area contributed by atoms with E-state index in [0.717, 1.165) is 6.92 Å². The van der Waals surface area contributed by atoms with Gasteiger partial charge in [0.05, 0.1) is 13.0 Å². The lowest BCUT2D eigenvalue weighted by Crippen LogP contribution is -1.99. The number of ether oxygens (including phenoxy) is 1. The van der Waals surface area contributed by atoms with E-state index in [-0.39, 0.29) is 6.42 Å². The van der Waals surface area contributed by atoms with Gasteiger partial charge in [-0.15, -0.1) is 0 Å². The minimum absolute atomic E-state index is 0.0938. The minimum Gasteiger partial charge on any atom is -0.481 e. The van der Waals surface area contributed by atoms with Crippen LogP contribution in [0.4, 0.5) is 0 Å². The van der Waals surface area contributed by atoms with Crippen LogP contribution in [0.15, 0.2) is 0 Å². The van der Waals surface area contributed by atoms with Gasteiger partial charge < -0.3 is 14.9 Å². The van der Waals surface area contributed by atoms with Gasteiger partial charge in [-0.3, -0.25) is 9.59 Å². The molecule has 0 bridgehead atoms. The second-order valence-electron chi connectivity index (χ2n) is 1.66. The molecule has 0 fully saturated rings. The van der Waals surface area contributed by atoms with E-state index in [1.54, 1.807) is 0 Å². The largest absolute Gasteiger partial charge is 0.481 e. The highest BCUT2D eigenvalue weighted by Gasteiger charge is 1.91. The monoisotopic (exact) mass is 164 g/mol. The Hall–Kier alpha value is -1.10. The summed E-state index contributed by atoms with van der Waals surface area (Å²) in [6.07, 6.45) is 0.0938. The first kappa shape index (κ1) is 12.6. The van der Waals surface area contributed by atoms with Crippen molar-refractivity contribution in [3.8, 4) is 0 Å². The summed E-state index contributed by atoms with van der Waals surface area (Å²) in [7, 11) is 1.48. The lowest BCUT2D eigenvalue weighted by atomic mass is 10.5. The van der Waals surface area contributed by atoms with Crippen LogP contribution in [0.5, 0.6) is 0 Å². The number of aliphatic carboxylic acids is 2. The van der Waals surface area contributed by atoms with Gasteiger partial charge in [-0.1, -0.05) is 0 Å². The standard InChI is InChI=1S/C4H8O3.C2H4O2/c1-7-3-2-4(5)6;1-2(3)4/h2-3H2,1H3,(H,5,6);1H3,(H,3,4). The van der Waals surface area contributed by atoms with E-state index in [4.69, 9.17) is 15.0 Å². The zero-order valence-electron chi connectivity index (χ0n) is 6.53. The topological polar surface area (TPSA) is 83.8 Å². The molecule has 0 aliphatic carbocycles. The van der Waals surface area contributed by atoms with Crippen molar-refractivity contribution in [3.63, 3.8) is 0 Å². The third-order valence-electron chi connectivity index (χ3n) is 0.520. The highest BCUT2D eigenvalue weighted by molar-refractivity contribution is 5.66. The maximum Gasteiger partial charge on any atom is 0.305 e. The number of rotatable bonds is 3. The van der Waals surface area contributed by atoms with Crippen LogP contribution in [0.1, 0.15) is 13.3 Å². The first-order chi connectivity index (χ1) is 5.00. The van der Waals surface area contributed by atoms with Crippen LogP contribution in [0, 0.1) is 0 Å². The third kappa shape index (κ3) is 50.4. The summed E-state index contributed by atoms with van der Waals surface area (Å²) in [6.45, 7) is 1.38. The van der Waals surface area contributed by atoms with Crippen molar-refractivity contribution < 1.29 is 24.5 Å². The molecule has 0 aliphatic rings. The Labute approximate surface area is 64.6 Å². The maximum atomic E-state index is 9.68. The zero-order chi connectivity index (χ0) is 9.28. The quantitative estimate of drug-likeness (QED) is 0.622. The van der Waals surface area contributed by atoms with E-state index in [1.807, 2.05) is 0 Å². The van der Waals surface area contributed by atoms with Crippen LogP contribution in [0.3, 0.4) is 0 Å². The van der Waals surface area contributed by atoms with Crippen LogP contribution < -0.4 is 0 Å². The van der Waals surface area contributed by atoms with Gasteiger partial charge in [0.15, 0.2) is 0 Å². The minimum atomic E-state index is -0.833. The predicted octanol–water partition coefficient (Wildman–Crippen LogP) is 0.198.